The van der Waals surface area contributed by atoms with Crippen LogP contribution >= 0.6 is 31.9 Å². The molecule has 0 atom stereocenters. The molecule has 2 N–H and O–H groups in total. The Bertz CT molecular complexity index is 1830. The van der Waals surface area contributed by atoms with Crippen LogP contribution in [0.15, 0.2) is 104 Å². The van der Waals surface area contributed by atoms with Gasteiger partial charge in [-0.2, -0.15) is 0 Å². The largest absolute Gasteiger partial charge is 1.00 e. The Kier molecular flexibility index (Phi) is 25.5. The molecule has 0 saturated carbocycles. The summed E-state index contributed by atoms with van der Waals surface area (Å²) >= 11 is 6.61. The van der Waals surface area contributed by atoms with Gasteiger partial charge in [-0.25, -0.2) is 16.8 Å². The van der Waals surface area contributed by atoms with Crippen molar-refractivity contribution in [2.45, 2.75) is 62.0 Å². The van der Waals surface area contributed by atoms with E-state index in [1.165, 1.54) is 24.3 Å². The van der Waals surface area contributed by atoms with Gasteiger partial charge in [0.2, 0.25) is 0 Å². The number of benzene rings is 4. The summed E-state index contributed by atoms with van der Waals surface area (Å²) in [5, 5.41) is 15.3. The zero-order chi connectivity index (χ0) is 34.7. The topological polar surface area (TPSA) is 144 Å². The SMILES string of the molecule is C.CC(C)S(=O)(=O)c1ccc(Oc2ccc(Br)c(C=O)c2)cc1.CC(C)S(=O)(=O)c1ccc(Oc2ccc(Br)c(CO)c2)cc1.CO.[B].[B].[H-].[Na+]. The Morgan fingerprint density at radius 2 is 1.00 bits per heavy atom. The van der Waals surface area contributed by atoms with E-state index in [0.717, 1.165) is 23.4 Å². The fourth-order valence-electron chi connectivity index (χ4n) is 3.62. The van der Waals surface area contributed by atoms with Crippen LogP contribution < -0.4 is 39.0 Å². The Hall–Kier alpha value is -1.94. The van der Waals surface area contributed by atoms with Crippen LogP contribution in [0.4, 0.5) is 0 Å². The molecule has 6 radical (unpaired) electrons. The van der Waals surface area contributed by atoms with E-state index in [1.54, 1.807) is 88.4 Å². The minimum Gasteiger partial charge on any atom is -1.00 e. The molecule has 0 bridgehead atoms. The molecular formula is C34H41B2Br2NaO9S2. The van der Waals surface area contributed by atoms with E-state index < -0.39 is 30.2 Å². The first-order chi connectivity index (χ1) is 21.7. The van der Waals surface area contributed by atoms with Crippen molar-refractivity contribution in [3.05, 3.63) is 105 Å². The first-order valence-electron chi connectivity index (χ1n) is 13.8. The summed E-state index contributed by atoms with van der Waals surface area (Å²) in [6, 6.07) is 22.9. The number of aldehydes is 1. The van der Waals surface area contributed by atoms with Gasteiger partial charge in [0.05, 0.1) is 26.9 Å². The van der Waals surface area contributed by atoms with Crippen molar-refractivity contribution in [1.29, 1.82) is 0 Å². The second kappa shape index (κ2) is 24.3. The summed E-state index contributed by atoms with van der Waals surface area (Å²) < 4.78 is 61.0. The van der Waals surface area contributed by atoms with E-state index in [-0.39, 0.29) is 71.6 Å². The minimum absolute atomic E-state index is 0. The summed E-state index contributed by atoms with van der Waals surface area (Å²) in [5.41, 5.74) is 1.20. The maximum absolute atomic E-state index is 12.0. The Balaban J connectivity index is -0.000000378. The normalized spacial score (nSPS) is 10.3. The molecular weight excluding hydrogens is 821 g/mol. The molecule has 0 heterocycles. The van der Waals surface area contributed by atoms with Crippen molar-refractivity contribution >= 4 is 74.6 Å². The number of sulfone groups is 2. The van der Waals surface area contributed by atoms with E-state index in [9.17, 15) is 26.7 Å². The van der Waals surface area contributed by atoms with Crippen LogP contribution in [0.5, 0.6) is 23.0 Å². The monoisotopic (exact) mass is 860 g/mol. The predicted molar refractivity (Wildman–Crippen MR) is 205 cm³/mol. The summed E-state index contributed by atoms with van der Waals surface area (Å²) in [5.74, 6) is 2.12. The molecule has 0 fully saturated rings. The van der Waals surface area contributed by atoms with Crippen molar-refractivity contribution < 1.29 is 72.3 Å². The van der Waals surface area contributed by atoms with Crippen LogP contribution in [-0.2, 0) is 26.3 Å². The molecule has 0 aliphatic heterocycles. The van der Waals surface area contributed by atoms with Gasteiger partial charge in [-0.05, 0) is 118 Å². The van der Waals surface area contributed by atoms with Crippen molar-refractivity contribution in [3.63, 3.8) is 0 Å². The van der Waals surface area contributed by atoms with E-state index in [4.69, 9.17) is 14.6 Å². The molecule has 0 amide bonds. The summed E-state index contributed by atoms with van der Waals surface area (Å²) in [7, 11) is -5.57. The molecule has 0 aromatic heterocycles. The van der Waals surface area contributed by atoms with Gasteiger partial charge in [-0.15, -0.1) is 0 Å². The van der Waals surface area contributed by atoms with E-state index in [2.05, 4.69) is 31.9 Å². The molecule has 4 rings (SSSR count). The summed E-state index contributed by atoms with van der Waals surface area (Å²) in [6.45, 7) is 6.49. The predicted octanol–water partition coefficient (Wildman–Crippen LogP) is 4.75. The van der Waals surface area contributed by atoms with Gasteiger partial charge in [0.15, 0.2) is 26.0 Å². The fourth-order valence-corrected chi connectivity index (χ4v) is 6.45. The number of aliphatic hydroxyl groups excluding tert-OH is 2. The molecule has 264 valence electrons. The molecule has 0 aliphatic carbocycles. The Morgan fingerprint density at radius 1 is 0.660 bits per heavy atom. The molecule has 4 aromatic rings. The first kappa shape index (κ1) is 52.4. The molecule has 9 nitrogen and oxygen atoms in total. The maximum Gasteiger partial charge on any atom is 1.00 e. The van der Waals surface area contributed by atoms with Crippen LogP contribution in [-0.4, -0.2) is 67.8 Å². The first-order valence-corrected chi connectivity index (χ1v) is 18.5. The third-order valence-electron chi connectivity index (χ3n) is 6.30. The molecule has 0 saturated heterocycles. The minimum atomic E-state index is -3.29. The fraction of sp³-hybridized carbons (Fsp3) is 0.265. The van der Waals surface area contributed by atoms with Crippen LogP contribution in [0.3, 0.4) is 0 Å². The van der Waals surface area contributed by atoms with E-state index >= 15 is 0 Å². The van der Waals surface area contributed by atoms with E-state index in [1.807, 2.05) is 0 Å². The van der Waals surface area contributed by atoms with Gasteiger partial charge in [0.1, 0.15) is 23.0 Å². The van der Waals surface area contributed by atoms with Crippen molar-refractivity contribution in [3.8, 4) is 23.0 Å². The van der Waals surface area contributed by atoms with Crippen LogP contribution in [0, 0.1) is 0 Å². The van der Waals surface area contributed by atoms with Crippen LogP contribution in [0.2, 0.25) is 0 Å². The van der Waals surface area contributed by atoms with Gasteiger partial charge in [0.25, 0.3) is 0 Å². The van der Waals surface area contributed by atoms with E-state index in [0.29, 0.717) is 33.0 Å². The molecule has 4 aromatic carbocycles. The summed E-state index contributed by atoms with van der Waals surface area (Å²) in [6.07, 6.45) is 0.731. The van der Waals surface area contributed by atoms with Gasteiger partial charge in [-0.3, -0.25) is 4.79 Å². The molecule has 50 heavy (non-hydrogen) atoms. The maximum atomic E-state index is 12.0. The van der Waals surface area contributed by atoms with Crippen molar-refractivity contribution in [2.75, 3.05) is 7.11 Å². The van der Waals surface area contributed by atoms with Crippen molar-refractivity contribution in [1.82, 2.24) is 0 Å². The number of ether oxygens (including phenoxy) is 2. The standard InChI is InChI=1S/C16H17BrO4S.C16H15BrO4S.CH4O.CH4.2B.Na.H/c2*1-11(2)22(19,20)15-6-3-13(4-7-15)21-14-5-8-16(17)12(9-14)10-18;1-2;;;;;/h3-9,11,18H,10H2,1-2H3;3-11H,1-2H3;2H,1H3;1H4;;;;/q;;;;;;+1;-1. The number of rotatable bonds is 10. The third kappa shape index (κ3) is 14.6. The van der Waals surface area contributed by atoms with Crippen LogP contribution in [0.25, 0.3) is 0 Å². The van der Waals surface area contributed by atoms with Crippen LogP contribution in [0.1, 0.15) is 52.5 Å². The van der Waals surface area contributed by atoms with Gasteiger partial charge in [-0.1, -0.05) is 39.3 Å². The van der Waals surface area contributed by atoms with Crippen molar-refractivity contribution in [2.24, 2.45) is 0 Å². The van der Waals surface area contributed by atoms with Gasteiger partial charge < -0.3 is 21.1 Å². The molecule has 16 heteroatoms. The number of halogens is 2. The van der Waals surface area contributed by atoms with Gasteiger partial charge >= 0.3 is 29.6 Å². The quantitative estimate of drug-likeness (QED) is 0.171. The Morgan fingerprint density at radius 3 is 1.34 bits per heavy atom. The summed E-state index contributed by atoms with van der Waals surface area (Å²) in [4.78, 5) is 11.4. The third-order valence-corrected chi connectivity index (χ3v) is 12.1. The zero-order valence-corrected chi connectivity index (χ0v) is 34.8. The molecule has 0 spiro atoms. The molecule has 0 aliphatic rings. The average Bonchev–Trinajstić information content (AvgIpc) is 3.04. The number of carbonyl (C=O) groups excluding carboxylic acids is 1. The second-order valence-electron chi connectivity index (χ2n) is 10.0. The van der Waals surface area contributed by atoms with Gasteiger partial charge in [0, 0.05) is 38.4 Å². The number of hydrogen-bond acceptors (Lipinski definition) is 9. The number of carbonyl (C=O) groups is 1. The number of hydrogen-bond donors (Lipinski definition) is 2. The zero-order valence-electron chi connectivity index (χ0n) is 29.0. The number of aliphatic hydroxyl groups is 2. The average molecular weight is 862 g/mol. The smallest absolute Gasteiger partial charge is 1.00 e. The second-order valence-corrected chi connectivity index (χ2v) is 16.8. The molecule has 0 unspecified atom stereocenters. The Labute approximate surface area is 341 Å².